The maximum atomic E-state index is 12.7. The maximum absolute atomic E-state index is 12.7. The Morgan fingerprint density at radius 1 is 1.21 bits per heavy atom. The first-order chi connectivity index (χ1) is 13.4. The highest BCUT2D eigenvalue weighted by Gasteiger charge is 2.32. The van der Waals surface area contributed by atoms with Crippen LogP contribution in [0.15, 0.2) is 18.2 Å². The number of nitrogens with one attached hydrogen (secondary N) is 1. The van der Waals surface area contributed by atoms with Crippen LogP contribution in [-0.2, 0) is 9.53 Å². The Bertz CT molecular complexity index is 703. The molecule has 3 amide bonds. The van der Waals surface area contributed by atoms with Gasteiger partial charge in [0.1, 0.15) is 0 Å². The van der Waals surface area contributed by atoms with Gasteiger partial charge in [0.05, 0.1) is 19.3 Å². The number of morpholine rings is 1. The van der Waals surface area contributed by atoms with Crippen LogP contribution in [0, 0.1) is 13.8 Å². The molecule has 2 heterocycles. The smallest absolute Gasteiger partial charge is 0.321 e. The number of carbonyl (C=O) groups excluding carboxylic acids is 2. The first-order valence-electron chi connectivity index (χ1n) is 10.1. The van der Waals surface area contributed by atoms with E-state index < -0.39 is 0 Å². The van der Waals surface area contributed by atoms with Crippen LogP contribution in [0.5, 0.6) is 0 Å². The van der Waals surface area contributed by atoms with E-state index in [1.165, 1.54) is 0 Å². The van der Waals surface area contributed by atoms with Gasteiger partial charge in [-0.1, -0.05) is 12.1 Å². The minimum absolute atomic E-state index is 0.0787. The van der Waals surface area contributed by atoms with E-state index in [0.29, 0.717) is 19.6 Å². The third-order valence-electron chi connectivity index (χ3n) is 5.69. The quantitative estimate of drug-likeness (QED) is 0.839. The maximum Gasteiger partial charge on any atom is 0.321 e. The molecule has 2 aliphatic heterocycles. The van der Waals surface area contributed by atoms with Crippen molar-refractivity contribution in [3.05, 3.63) is 29.3 Å². The molecular formula is C21H32N4O3. The molecule has 0 spiro atoms. The lowest BCUT2D eigenvalue weighted by molar-refractivity contribution is -0.131. The van der Waals surface area contributed by atoms with Gasteiger partial charge in [0.2, 0.25) is 5.91 Å². The van der Waals surface area contributed by atoms with Crippen LogP contribution in [-0.4, -0.2) is 85.2 Å². The van der Waals surface area contributed by atoms with Gasteiger partial charge < -0.3 is 19.9 Å². The summed E-state index contributed by atoms with van der Waals surface area (Å²) in [5.41, 5.74) is 3.01. The zero-order valence-electron chi connectivity index (χ0n) is 17.2. The number of nitrogens with zero attached hydrogens (tertiary/aromatic N) is 3. The zero-order chi connectivity index (χ0) is 20.1. The summed E-state index contributed by atoms with van der Waals surface area (Å²) in [7, 11) is 0. The molecule has 2 saturated heterocycles. The van der Waals surface area contributed by atoms with Crippen molar-refractivity contribution in [2.24, 2.45) is 0 Å². The average Bonchev–Trinajstić information content (AvgIpc) is 3.15. The minimum Gasteiger partial charge on any atom is -0.379 e. The van der Waals surface area contributed by atoms with Gasteiger partial charge in [0, 0.05) is 51.9 Å². The predicted molar refractivity (Wildman–Crippen MR) is 110 cm³/mol. The molecule has 0 saturated carbocycles. The molecule has 1 N–H and O–H groups in total. The number of likely N-dealkylation sites (tertiary alicyclic amines) is 1. The van der Waals surface area contributed by atoms with Gasteiger partial charge in [-0.15, -0.1) is 0 Å². The fraction of sp³-hybridized carbons (Fsp3) is 0.619. The summed E-state index contributed by atoms with van der Waals surface area (Å²) < 4.78 is 5.39. The van der Waals surface area contributed by atoms with Crippen molar-refractivity contribution in [3.63, 3.8) is 0 Å². The standard InChI is InChI=1S/C21H32N4O3/c1-16-4-5-17(2)20(14-16)22-21(27)24-7-6-19(15-24)25(18(3)26)9-8-23-10-12-28-13-11-23/h4-5,14,19H,6-13,15H2,1-3H3,(H,22,27). The number of urea groups is 1. The van der Waals surface area contributed by atoms with Crippen molar-refractivity contribution in [2.45, 2.75) is 33.2 Å². The lowest BCUT2D eigenvalue weighted by atomic mass is 10.1. The van der Waals surface area contributed by atoms with Crippen LogP contribution in [0.2, 0.25) is 0 Å². The minimum atomic E-state index is -0.0899. The van der Waals surface area contributed by atoms with E-state index in [-0.39, 0.29) is 18.0 Å². The Labute approximate surface area is 167 Å². The fourth-order valence-corrected chi connectivity index (χ4v) is 3.92. The van der Waals surface area contributed by atoms with Crippen molar-refractivity contribution in [2.75, 3.05) is 57.8 Å². The highest BCUT2D eigenvalue weighted by molar-refractivity contribution is 5.90. The van der Waals surface area contributed by atoms with Crippen LogP contribution in [0.25, 0.3) is 0 Å². The number of hydrogen-bond acceptors (Lipinski definition) is 4. The van der Waals surface area contributed by atoms with Gasteiger partial charge in [-0.2, -0.15) is 0 Å². The van der Waals surface area contributed by atoms with Gasteiger partial charge in [-0.25, -0.2) is 4.79 Å². The van der Waals surface area contributed by atoms with Crippen LogP contribution in [0.4, 0.5) is 10.5 Å². The molecule has 1 aromatic carbocycles. The molecule has 0 bridgehead atoms. The van der Waals surface area contributed by atoms with Crippen LogP contribution in [0.1, 0.15) is 24.5 Å². The van der Waals surface area contributed by atoms with E-state index in [2.05, 4.69) is 10.2 Å². The summed E-state index contributed by atoms with van der Waals surface area (Å²) in [5.74, 6) is 0.0787. The Kier molecular flexibility index (Phi) is 6.91. The van der Waals surface area contributed by atoms with E-state index >= 15 is 0 Å². The van der Waals surface area contributed by atoms with Gasteiger partial charge >= 0.3 is 6.03 Å². The van der Waals surface area contributed by atoms with Crippen molar-refractivity contribution in [1.82, 2.24) is 14.7 Å². The topological polar surface area (TPSA) is 65.1 Å². The molecule has 1 atom stereocenters. The number of rotatable bonds is 5. The second-order valence-electron chi connectivity index (χ2n) is 7.80. The summed E-state index contributed by atoms with van der Waals surface area (Å²) in [6, 6.07) is 6.04. The van der Waals surface area contributed by atoms with Crippen molar-refractivity contribution < 1.29 is 14.3 Å². The van der Waals surface area contributed by atoms with Crippen molar-refractivity contribution >= 4 is 17.6 Å². The summed E-state index contributed by atoms with van der Waals surface area (Å²) in [4.78, 5) is 31.0. The van der Waals surface area contributed by atoms with Gasteiger partial charge in [0.15, 0.2) is 0 Å². The number of aryl methyl sites for hydroxylation is 2. The molecule has 3 rings (SSSR count). The highest BCUT2D eigenvalue weighted by Crippen LogP contribution is 2.20. The predicted octanol–water partition coefficient (Wildman–Crippen LogP) is 2.09. The molecule has 1 unspecified atom stereocenters. The fourth-order valence-electron chi connectivity index (χ4n) is 3.92. The van der Waals surface area contributed by atoms with E-state index in [4.69, 9.17) is 4.74 Å². The molecular weight excluding hydrogens is 356 g/mol. The molecule has 154 valence electrons. The van der Waals surface area contributed by atoms with Gasteiger partial charge in [-0.05, 0) is 37.5 Å². The average molecular weight is 389 g/mol. The van der Waals surface area contributed by atoms with E-state index in [9.17, 15) is 9.59 Å². The molecule has 0 aromatic heterocycles. The number of carbonyl (C=O) groups is 2. The molecule has 0 radical (unpaired) electrons. The van der Waals surface area contributed by atoms with Crippen molar-refractivity contribution in [3.8, 4) is 0 Å². The van der Waals surface area contributed by atoms with Crippen LogP contribution < -0.4 is 5.32 Å². The summed E-state index contributed by atoms with van der Waals surface area (Å²) in [5, 5.41) is 3.03. The molecule has 1 aromatic rings. The Balaban J connectivity index is 1.54. The number of benzene rings is 1. The SMILES string of the molecule is CC(=O)N(CCN1CCOCC1)C1CCN(C(=O)Nc2cc(C)ccc2C)C1. The van der Waals surface area contributed by atoms with E-state index in [1.807, 2.05) is 41.8 Å². The molecule has 7 nitrogen and oxygen atoms in total. The summed E-state index contributed by atoms with van der Waals surface area (Å²) in [6.07, 6.45) is 0.822. The molecule has 28 heavy (non-hydrogen) atoms. The monoisotopic (exact) mass is 388 g/mol. The van der Waals surface area contributed by atoms with E-state index in [1.54, 1.807) is 6.92 Å². The molecule has 2 fully saturated rings. The second-order valence-corrected chi connectivity index (χ2v) is 7.80. The third-order valence-corrected chi connectivity index (χ3v) is 5.69. The van der Waals surface area contributed by atoms with E-state index in [0.717, 1.165) is 56.1 Å². The number of ether oxygens (including phenoxy) is 1. The Hall–Kier alpha value is -2.12. The molecule has 0 aliphatic carbocycles. The lowest BCUT2D eigenvalue weighted by Gasteiger charge is -2.32. The summed E-state index contributed by atoms with van der Waals surface area (Å²) >= 11 is 0. The summed E-state index contributed by atoms with van der Waals surface area (Å²) in [6.45, 7) is 11.8. The lowest BCUT2D eigenvalue weighted by Crippen LogP contribution is -2.47. The van der Waals surface area contributed by atoms with Crippen LogP contribution in [0.3, 0.4) is 0 Å². The Morgan fingerprint density at radius 2 is 1.96 bits per heavy atom. The number of anilines is 1. The highest BCUT2D eigenvalue weighted by atomic mass is 16.5. The first kappa shape index (κ1) is 20.6. The third kappa shape index (κ3) is 5.23. The number of hydrogen-bond donors (Lipinski definition) is 1. The van der Waals surface area contributed by atoms with Crippen LogP contribution >= 0.6 is 0 Å². The van der Waals surface area contributed by atoms with Gasteiger partial charge in [0.25, 0.3) is 0 Å². The zero-order valence-corrected chi connectivity index (χ0v) is 17.2. The first-order valence-corrected chi connectivity index (χ1v) is 10.1. The molecule has 7 heteroatoms. The Morgan fingerprint density at radius 3 is 2.68 bits per heavy atom. The van der Waals surface area contributed by atoms with Crippen molar-refractivity contribution in [1.29, 1.82) is 0 Å². The second kappa shape index (κ2) is 9.39. The number of amides is 3. The van der Waals surface area contributed by atoms with Gasteiger partial charge in [-0.3, -0.25) is 9.69 Å². The normalized spacial score (nSPS) is 20.2. The largest absolute Gasteiger partial charge is 0.379 e. The molecule has 2 aliphatic rings.